The zero-order chi connectivity index (χ0) is 44.0. The van der Waals surface area contributed by atoms with Crippen LogP contribution in [0, 0.1) is 0 Å². The molecule has 0 aliphatic carbocycles. The van der Waals surface area contributed by atoms with Crippen LogP contribution in [0.4, 0.5) is 0 Å². The van der Waals surface area contributed by atoms with Crippen LogP contribution < -0.4 is 0 Å². The minimum Gasteiger partial charge on any atom is -0.228 e. The lowest BCUT2D eigenvalue weighted by molar-refractivity contribution is 1.18. The topological polar surface area (TPSA) is 25.8 Å². The van der Waals surface area contributed by atoms with Crippen LogP contribution in [0.25, 0.3) is 139 Å². The first kappa shape index (κ1) is 38.5. The first-order chi connectivity index (χ1) is 33.1. The summed E-state index contributed by atoms with van der Waals surface area (Å²) in [5, 5.41) is 10.1. The summed E-state index contributed by atoms with van der Waals surface area (Å²) in [5.74, 6) is 0.693. The summed E-state index contributed by atoms with van der Waals surface area (Å²) in [5.41, 5.74) is 11.8. The summed E-state index contributed by atoms with van der Waals surface area (Å²) in [4.78, 5) is 10.8. The molecule has 0 aliphatic rings. The van der Waals surface area contributed by atoms with Crippen molar-refractivity contribution < 1.29 is 0 Å². The van der Waals surface area contributed by atoms with Crippen molar-refractivity contribution in [2.75, 3.05) is 0 Å². The van der Waals surface area contributed by atoms with E-state index in [0.717, 1.165) is 44.8 Å². The van der Waals surface area contributed by atoms with Crippen LogP contribution >= 0.6 is 34.0 Å². The van der Waals surface area contributed by atoms with Crippen LogP contribution in [0.15, 0.2) is 218 Å². The van der Waals surface area contributed by atoms with Gasteiger partial charge >= 0.3 is 0 Å². The Kier molecular flexibility index (Phi) is 8.84. The fraction of sp³-hybridized carbons (Fsp3) is 0. The van der Waals surface area contributed by atoms with Gasteiger partial charge in [0, 0.05) is 77.2 Å². The van der Waals surface area contributed by atoms with E-state index in [9.17, 15) is 0 Å². The van der Waals surface area contributed by atoms with Gasteiger partial charge in [0.15, 0.2) is 5.82 Å². The second-order valence-electron chi connectivity index (χ2n) is 17.3. The van der Waals surface area contributed by atoms with E-state index in [1.807, 2.05) is 34.0 Å². The number of hydrogen-bond acceptors (Lipinski definition) is 5. The van der Waals surface area contributed by atoms with Gasteiger partial charge in [0.1, 0.15) is 0 Å². The zero-order valence-electron chi connectivity index (χ0n) is 35.9. The molecule has 0 radical (unpaired) electrons. The van der Waals surface area contributed by atoms with Gasteiger partial charge in [-0.1, -0.05) is 146 Å². The van der Waals surface area contributed by atoms with E-state index in [4.69, 9.17) is 9.97 Å². The lowest BCUT2D eigenvalue weighted by Crippen LogP contribution is -1.98. The molecule has 0 bridgehead atoms. The molecule has 4 aromatic heterocycles. The zero-order valence-corrected chi connectivity index (χ0v) is 38.4. The van der Waals surface area contributed by atoms with Gasteiger partial charge in [-0.05, 0) is 117 Å². The monoisotopic (exact) mass is 904 g/mol. The number of benzene rings is 10. The van der Waals surface area contributed by atoms with Gasteiger partial charge in [-0.2, -0.15) is 0 Å². The summed E-state index contributed by atoms with van der Waals surface area (Å²) in [6.07, 6.45) is 0. The molecule has 0 unspecified atom stereocenters. The molecule has 0 spiro atoms. The van der Waals surface area contributed by atoms with E-state index in [1.165, 1.54) is 88.0 Å². The molecule has 312 valence electrons. The number of rotatable bonds is 6. The molecule has 0 saturated carbocycles. The molecule has 0 atom stereocenters. The van der Waals surface area contributed by atoms with E-state index in [0.29, 0.717) is 5.82 Å². The molecule has 2 nitrogen and oxygen atoms in total. The molecule has 0 fully saturated rings. The number of fused-ring (bicyclic) bond motifs is 10. The smallest absolute Gasteiger partial charge is 0.160 e. The van der Waals surface area contributed by atoms with Gasteiger partial charge in [0.25, 0.3) is 0 Å². The van der Waals surface area contributed by atoms with Crippen molar-refractivity contribution >= 4 is 105 Å². The molecule has 4 heterocycles. The Labute approximate surface area is 398 Å². The standard InChI is InChI=1S/C62H36N2S3/c1-2-13-38(14-3-1)62-63-54(43-23-22-37-12-4-5-15-39(37)30-43)36-55(64-62)51-35-49(42-24-27-47-44-16-6-9-19-56(44)67-61(47)33-42)48(40-25-28-59-52(31-40)45-17-7-10-20-57(45)65-59)34-50(51)41-26-29-60-53(32-41)46-18-8-11-21-58(46)66-60/h1-36H. The molecule has 0 aliphatic heterocycles. The third kappa shape index (κ3) is 6.50. The minimum absolute atomic E-state index is 0.693. The predicted octanol–water partition coefficient (Wildman–Crippen LogP) is 18.7. The van der Waals surface area contributed by atoms with Gasteiger partial charge in [0.2, 0.25) is 0 Å². The average molecular weight is 905 g/mol. The molecule has 14 aromatic rings. The summed E-state index contributed by atoms with van der Waals surface area (Å²) in [6.45, 7) is 0. The van der Waals surface area contributed by atoms with E-state index < -0.39 is 0 Å². The van der Waals surface area contributed by atoms with Crippen LogP contribution in [0.1, 0.15) is 0 Å². The summed E-state index contributed by atoms with van der Waals surface area (Å²) in [6, 6.07) is 80.1. The Balaban J connectivity index is 1.09. The van der Waals surface area contributed by atoms with Crippen LogP contribution in [-0.2, 0) is 0 Å². The maximum atomic E-state index is 5.53. The SMILES string of the molecule is c1ccc(-c2nc(-c3ccc4ccccc4c3)cc(-c3cc(-c4ccc5c(c4)sc4ccccc45)c(-c4ccc5sc6ccccc6c5c4)cc3-c3ccc4sc5ccccc5c4c3)n2)cc1. The Morgan fingerprint density at radius 1 is 0.239 bits per heavy atom. The van der Waals surface area contributed by atoms with Gasteiger partial charge in [-0.15, -0.1) is 34.0 Å². The van der Waals surface area contributed by atoms with Crippen LogP contribution in [0.2, 0.25) is 0 Å². The highest BCUT2D eigenvalue weighted by Crippen LogP contribution is 2.47. The number of nitrogens with zero attached hydrogens (tertiary/aromatic N) is 2. The van der Waals surface area contributed by atoms with Gasteiger partial charge < -0.3 is 0 Å². The molecular weight excluding hydrogens is 869 g/mol. The second kappa shape index (κ2) is 15.4. The molecule has 5 heteroatoms. The number of aromatic nitrogens is 2. The van der Waals surface area contributed by atoms with Gasteiger partial charge in [-0.3, -0.25) is 0 Å². The maximum absolute atomic E-state index is 5.53. The van der Waals surface area contributed by atoms with Crippen molar-refractivity contribution in [2.45, 2.75) is 0 Å². The van der Waals surface area contributed by atoms with Crippen molar-refractivity contribution in [3.63, 3.8) is 0 Å². The third-order valence-electron chi connectivity index (χ3n) is 13.3. The molecular formula is C62H36N2S3. The first-order valence-corrected chi connectivity index (χ1v) is 25.0. The maximum Gasteiger partial charge on any atom is 0.160 e. The molecule has 0 saturated heterocycles. The molecule has 67 heavy (non-hydrogen) atoms. The van der Waals surface area contributed by atoms with Gasteiger partial charge in [0.05, 0.1) is 11.4 Å². The predicted molar refractivity (Wildman–Crippen MR) is 291 cm³/mol. The van der Waals surface area contributed by atoms with E-state index >= 15 is 0 Å². The van der Waals surface area contributed by atoms with Crippen LogP contribution in [0.5, 0.6) is 0 Å². The quantitative estimate of drug-likeness (QED) is 0.166. The summed E-state index contributed by atoms with van der Waals surface area (Å²) < 4.78 is 7.74. The van der Waals surface area contributed by atoms with Crippen molar-refractivity contribution in [3.05, 3.63) is 218 Å². The second-order valence-corrected chi connectivity index (χ2v) is 20.5. The number of thiophene rings is 3. The minimum atomic E-state index is 0.693. The molecule has 0 N–H and O–H groups in total. The lowest BCUT2D eigenvalue weighted by Gasteiger charge is -2.19. The highest BCUT2D eigenvalue weighted by atomic mass is 32.1. The van der Waals surface area contributed by atoms with Crippen molar-refractivity contribution in [1.29, 1.82) is 0 Å². The van der Waals surface area contributed by atoms with Crippen molar-refractivity contribution in [2.24, 2.45) is 0 Å². The highest BCUT2D eigenvalue weighted by Gasteiger charge is 2.22. The van der Waals surface area contributed by atoms with Crippen LogP contribution in [0.3, 0.4) is 0 Å². The average Bonchev–Trinajstić information content (AvgIpc) is 4.09. The molecule has 0 amide bonds. The molecule has 10 aromatic carbocycles. The fourth-order valence-electron chi connectivity index (χ4n) is 10.0. The molecule has 14 rings (SSSR count). The fourth-order valence-corrected chi connectivity index (χ4v) is 13.3. The Bertz CT molecular complexity index is 4290. The lowest BCUT2D eigenvalue weighted by atomic mass is 9.86. The van der Waals surface area contributed by atoms with Crippen LogP contribution in [-0.4, -0.2) is 9.97 Å². The Morgan fingerprint density at radius 3 is 1.37 bits per heavy atom. The first-order valence-electron chi connectivity index (χ1n) is 22.5. The van der Waals surface area contributed by atoms with E-state index in [-0.39, 0.29) is 0 Å². The summed E-state index contributed by atoms with van der Waals surface area (Å²) in [7, 11) is 0. The highest BCUT2D eigenvalue weighted by molar-refractivity contribution is 7.26. The number of hydrogen-bond donors (Lipinski definition) is 0. The largest absolute Gasteiger partial charge is 0.228 e. The Morgan fingerprint density at radius 2 is 0.701 bits per heavy atom. The van der Waals surface area contributed by atoms with Gasteiger partial charge in [-0.25, -0.2) is 9.97 Å². The van der Waals surface area contributed by atoms with E-state index in [1.54, 1.807) is 0 Å². The van der Waals surface area contributed by atoms with E-state index in [2.05, 4.69) is 218 Å². The third-order valence-corrected chi connectivity index (χ3v) is 16.7. The van der Waals surface area contributed by atoms with Crippen molar-refractivity contribution in [3.8, 4) is 67.3 Å². The van der Waals surface area contributed by atoms with Crippen molar-refractivity contribution in [1.82, 2.24) is 9.97 Å². The summed E-state index contributed by atoms with van der Waals surface area (Å²) >= 11 is 5.57. The normalized spacial score (nSPS) is 11.9. The Hall–Kier alpha value is -7.80.